The van der Waals surface area contributed by atoms with Gasteiger partial charge in [0, 0.05) is 38.0 Å². The summed E-state index contributed by atoms with van der Waals surface area (Å²) in [6, 6.07) is 4.02. The van der Waals surface area contributed by atoms with E-state index in [1.165, 1.54) is 12.1 Å². The molecule has 20 heavy (non-hydrogen) atoms. The van der Waals surface area contributed by atoms with Gasteiger partial charge in [-0.15, -0.1) is 0 Å². The molecule has 0 atom stereocenters. The van der Waals surface area contributed by atoms with E-state index < -0.39 is 14.8 Å². The van der Waals surface area contributed by atoms with Gasteiger partial charge in [0.15, 0.2) is 9.84 Å². The van der Waals surface area contributed by atoms with Gasteiger partial charge in [0.1, 0.15) is 0 Å². The van der Waals surface area contributed by atoms with Gasteiger partial charge in [-0.1, -0.05) is 0 Å². The van der Waals surface area contributed by atoms with Crippen molar-refractivity contribution in [2.75, 3.05) is 37.3 Å². The second-order valence-electron chi connectivity index (χ2n) is 4.77. The molecule has 8 heteroatoms. The first kappa shape index (κ1) is 14.7. The van der Waals surface area contributed by atoms with E-state index in [0.29, 0.717) is 12.2 Å². The third kappa shape index (κ3) is 3.26. The van der Waals surface area contributed by atoms with Crippen LogP contribution >= 0.6 is 0 Å². The van der Waals surface area contributed by atoms with Gasteiger partial charge >= 0.3 is 0 Å². The zero-order valence-corrected chi connectivity index (χ0v) is 12.0. The molecule has 1 aromatic carbocycles. The van der Waals surface area contributed by atoms with Crippen LogP contribution < -0.4 is 10.2 Å². The number of hydrogen-bond donors (Lipinski definition) is 1. The highest BCUT2D eigenvalue weighted by atomic mass is 32.2. The normalized spacial score (nSPS) is 16.8. The third-order valence-electron chi connectivity index (χ3n) is 3.23. The van der Waals surface area contributed by atoms with Gasteiger partial charge in [0.05, 0.1) is 15.5 Å². The smallest absolute Gasteiger partial charge is 0.270 e. The van der Waals surface area contributed by atoms with E-state index in [0.717, 1.165) is 38.4 Å². The lowest BCUT2D eigenvalue weighted by Gasteiger charge is -2.24. The lowest BCUT2D eigenvalue weighted by molar-refractivity contribution is -0.385. The van der Waals surface area contributed by atoms with Crippen LogP contribution in [0.15, 0.2) is 23.1 Å². The fraction of sp³-hybridized carbons (Fsp3) is 0.500. The van der Waals surface area contributed by atoms with Crippen LogP contribution in [0.3, 0.4) is 0 Å². The molecular weight excluding hydrogens is 282 g/mol. The fourth-order valence-corrected chi connectivity index (χ4v) is 3.17. The Labute approximate surface area is 117 Å². The minimum absolute atomic E-state index is 0.0219. The minimum Gasteiger partial charge on any atom is -0.369 e. The second-order valence-corrected chi connectivity index (χ2v) is 6.76. The molecule has 1 aromatic rings. The molecule has 7 nitrogen and oxygen atoms in total. The molecule has 0 aliphatic carbocycles. The zero-order valence-electron chi connectivity index (χ0n) is 11.2. The predicted octanol–water partition coefficient (Wildman–Crippen LogP) is 0.798. The first-order valence-corrected chi connectivity index (χ1v) is 8.23. The molecule has 1 heterocycles. The lowest BCUT2D eigenvalue weighted by Crippen LogP contribution is -2.29. The molecule has 110 valence electrons. The van der Waals surface area contributed by atoms with Crippen molar-refractivity contribution < 1.29 is 13.3 Å². The standard InChI is InChI=1S/C12H17N3O4S/c1-20(18,19)12-9-10(15(16)17)3-4-11(12)14-7-2-5-13-6-8-14/h3-4,9,13H,2,5-8H2,1H3. The van der Waals surface area contributed by atoms with E-state index in [9.17, 15) is 18.5 Å². The Morgan fingerprint density at radius 1 is 1.30 bits per heavy atom. The van der Waals surface area contributed by atoms with Crippen LogP contribution in [0, 0.1) is 10.1 Å². The summed E-state index contributed by atoms with van der Waals surface area (Å²) in [7, 11) is -3.52. The summed E-state index contributed by atoms with van der Waals surface area (Å²) in [5, 5.41) is 14.0. The summed E-state index contributed by atoms with van der Waals surface area (Å²) in [6.45, 7) is 3.06. The van der Waals surface area contributed by atoms with E-state index in [4.69, 9.17) is 0 Å². The van der Waals surface area contributed by atoms with Crippen LogP contribution in [-0.2, 0) is 9.84 Å². The Morgan fingerprint density at radius 3 is 2.70 bits per heavy atom. The van der Waals surface area contributed by atoms with E-state index in [-0.39, 0.29) is 10.6 Å². The SMILES string of the molecule is CS(=O)(=O)c1cc([N+](=O)[O-])ccc1N1CCCNCC1. The van der Waals surface area contributed by atoms with Crippen LogP contribution in [0.2, 0.25) is 0 Å². The van der Waals surface area contributed by atoms with Gasteiger partial charge in [-0.3, -0.25) is 10.1 Å². The predicted molar refractivity (Wildman–Crippen MR) is 75.9 cm³/mol. The Balaban J connectivity index is 2.48. The maximum atomic E-state index is 11.9. The molecule has 0 saturated carbocycles. The van der Waals surface area contributed by atoms with Crippen LogP contribution in [-0.4, -0.2) is 45.8 Å². The van der Waals surface area contributed by atoms with Crippen molar-refractivity contribution >= 4 is 21.2 Å². The van der Waals surface area contributed by atoms with Crippen LogP contribution in [0.1, 0.15) is 6.42 Å². The van der Waals surface area contributed by atoms with Gasteiger partial charge in [-0.25, -0.2) is 8.42 Å². The largest absolute Gasteiger partial charge is 0.369 e. The van der Waals surface area contributed by atoms with Crippen molar-refractivity contribution in [3.8, 4) is 0 Å². The molecule has 1 aliphatic rings. The number of sulfone groups is 1. The summed E-state index contributed by atoms with van der Waals surface area (Å²) in [5.74, 6) is 0. The number of benzene rings is 1. The van der Waals surface area contributed by atoms with Crippen molar-refractivity contribution in [2.24, 2.45) is 0 Å². The number of non-ortho nitro benzene ring substituents is 1. The first-order chi connectivity index (χ1) is 9.39. The number of nitro benzene ring substituents is 1. The quantitative estimate of drug-likeness (QED) is 0.655. The third-order valence-corrected chi connectivity index (χ3v) is 4.36. The molecule has 0 aromatic heterocycles. The number of nitro groups is 1. The highest BCUT2D eigenvalue weighted by Crippen LogP contribution is 2.29. The second kappa shape index (κ2) is 5.76. The number of nitrogens with one attached hydrogen (secondary N) is 1. The maximum absolute atomic E-state index is 11.9. The molecule has 2 rings (SSSR count). The maximum Gasteiger partial charge on any atom is 0.270 e. The Kier molecular flexibility index (Phi) is 4.24. The Morgan fingerprint density at radius 2 is 2.05 bits per heavy atom. The van der Waals surface area contributed by atoms with Crippen molar-refractivity contribution in [1.29, 1.82) is 0 Å². The number of hydrogen-bond acceptors (Lipinski definition) is 6. The van der Waals surface area contributed by atoms with E-state index in [1.807, 2.05) is 4.90 Å². The van der Waals surface area contributed by atoms with Crippen molar-refractivity contribution in [1.82, 2.24) is 5.32 Å². The average Bonchev–Trinajstić information content (AvgIpc) is 2.65. The molecule has 0 unspecified atom stereocenters. The summed E-state index contributed by atoms with van der Waals surface area (Å²) in [5.41, 5.74) is 0.337. The summed E-state index contributed by atoms with van der Waals surface area (Å²) >= 11 is 0. The number of rotatable bonds is 3. The molecule has 0 amide bonds. The lowest BCUT2D eigenvalue weighted by atomic mass is 10.2. The summed E-state index contributed by atoms with van der Waals surface area (Å²) in [4.78, 5) is 12.2. The monoisotopic (exact) mass is 299 g/mol. The van der Waals surface area contributed by atoms with Crippen LogP contribution in [0.4, 0.5) is 11.4 Å². The van der Waals surface area contributed by atoms with Gasteiger partial charge in [-0.05, 0) is 19.0 Å². The zero-order chi connectivity index (χ0) is 14.8. The minimum atomic E-state index is -3.52. The molecule has 0 spiro atoms. The molecule has 1 N–H and O–H groups in total. The molecule has 1 fully saturated rings. The van der Waals surface area contributed by atoms with Gasteiger partial charge in [-0.2, -0.15) is 0 Å². The molecular formula is C12H17N3O4S. The molecule has 1 saturated heterocycles. The number of anilines is 1. The first-order valence-electron chi connectivity index (χ1n) is 6.34. The van der Waals surface area contributed by atoms with Crippen molar-refractivity contribution in [2.45, 2.75) is 11.3 Å². The van der Waals surface area contributed by atoms with E-state index in [1.54, 1.807) is 0 Å². The van der Waals surface area contributed by atoms with E-state index in [2.05, 4.69) is 5.32 Å². The Hall–Kier alpha value is -1.67. The summed E-state index contributed by atoms with van der Waals surface area (Å²) in [6.07, 6.45) is 1.98. The fourth-order valence-electron chi connectivity index (χ4n) is 2.26. The van der Waals surface area contributed by atoms with Crippen molar-refractivity contribution in [3.05, 3.63) is 28.3 Å². The van der Waals surface area contributed by atoms with Gasteiger partial charge in [0.2, 0.25) is 0 Å². The van der Waals surface area contributed by atoms with E-state index >= 15 is 0 Å². The van der Waals surface area contributed by atoms with Gasteiger partial charge < -0.3 is 10.2 Å². The summed E-state index contributed by atoms with van der Waals surface area (Å²) < 4.78 is 23.8. The average molecular weight is 299 g/mol. The highest BCUT2D eigenvalue weighted by molar-refractivity contribution is 7.90. The molecule has 0 bridgehead atoms. The molecule has 0 radical (unpaired) electrons. The van der Waals surface area contributed by atoms with Crippen LogP contribution in [0.5, 0.6) is 0 Å². The Bertz CT molecular complexity index is 607. The van der Waals surface area contributed by atoms with Crippen LogP contribution in [0.25, 0.3) is 0 Å². The number of nitrogens with zero attached hydrogens (tertiary/aromatic N) is 2. The molecule has 1 aliphatic heterocycles. The van der Waals surface area contributed by atoms with Crippen molar-refractivity contribution in [3.63, 3.8) is 0 Å². The highest BCUT2D eigenvalue weighted by Gasteiger charge is 2.22. The topological polar surface area (TPSA) is 92.5 Å². The van der Waals surface area contributed by atoms with Gasteiger partial charge in [0.25, 0.3) is 5.69 Å².